The molecule has 186 valence electrons. The highest BCUT2D eigenvalue weighted by atomic mass is 16.5. The van der Waals surface area contributed by atoms with Gasteiger partial charge in [0.1, 0.15) is 11.7 Å². The molecule has 0 aliphatic carbocycles. The van der Waals surface area contributed by atoms with Gasteiger partial charge < -0.3 is 14.7 Å². The Hall–Kier alpha value is -3.80. The maximum absolute atomic E-state index is 13.6. The van der Waals surface area contributed by atoms with Crippen LogP contribution in [0.4, 0.5) is 0 Å². The molecule has 8 nitrogen and oxygen atoms in total. The average Bonchev–Trinajstić information content (AvgIpc) is 2.90. The van der Waals surface area contributed by atoms with E-state index in [2.05, 4.69) is 27.9 Å². The molecule has 0 unspecified atom stereocenters. The Morgan fingerprint density at radius 2 is 2.00 bits per heavy atom. The fraction of sp³-hybridized carbons (Fsp3) is 0.357. The second kappa shape index (κ2) is 11.3. The second-order valence-electron chi connectivity index (χ2n) is 9.41. The molecule has 3 heterocycles. The number of rotatable bonds is 7. The standard InChI is InChI=1S/C28H31N5O3/c1-19-15-33(20(2)18-34)28(35)25-12-23(22-9-7-21(13-29)8-10-22)14-31-27(25)36-26(19)17-32(3)16-24-6-4-5-11-30-24/h4-12,14,19-20,26,34H,15-18H2,1-3H3/t19-,20+,26+/m0/s1. The van der Waals surface area contributed by atoms with Crippen LogP contribution in [0.5, 0.6) is 5.88 Å². The molecular formula is C28H31N5O3. The van der Waals surface area contributed by atoms with Gasteiger partial charge in [-0.25, -0.2) is 4.98 Å². The molecule has 0 saturated heterocycles. The normalized spacial score (nSPS) is 18.6. The van der Waals surface area contributed by atoms with Crippen LogP contribution < -0.4 is 4.74 Å². The largest absolute Gasteiger partial charge is 0.472 e. The Balaban J connectivity index is 1.66. The number of hydrogen-bond donors (Lipinski definition) is 1. The number of ether oxygens (including phenoxy) is 1. The molecule has 0 radical (unpaired) electrons. The Morgan fingerprint density at radius 1 is 1.22 bits per heavy atom. The highest BCUT2D eigenvalue weighted by Gasteiger charge is 2.34. The summed E-state index contributed by atoms with van der Waals surface area (Å²) in [6.45, 7) is 5.49. The lowest BCUT2D eigenvalue weighted by Crippen LogP contribution is -2.49. The van der Waals surface area contributed by atoms with E-state index in [4.69, 9.17) is 10.00 Å². The maximum Gasteiger partial charge on any atom is 0.259 e. The van der Waals surface area contributed by atoms with E-state index in [1.807, 2.05) is 44.3 Å². The lowest BCUT2D eigenvalue weighted by Gasteiger charge is -2.37. The second-order valence-corrected chi connectivity index (χ2v) is 9.41. The monoisotopic (exact) mass is 485 g/mol. The first kappa shape index (κ1) is 25.3. The quantitative estimate of drug-likeness (QED) is 0.547. The fourth-order valence-corrected chi connectivity index (χ4v) is 4.36. The van der Waals surface area contributed by atoms with E-state index in [0.717, 1.165) is 16.8 Å². The van der Waals surface area contributed by atoms with Gasteiger partial charge in [-0.1, -0.05) is 25.1 Å². The van der Waals surface area contributed by atoms with Crippen molar-refractivity contribution in [2.45, 2.75) is 32.5 Å². The maximum atomic E-state index is 13.6. The molecule has 0 spiro atoms. The lowest BCUT2D eigenvalue weighted by molar-refractivity contribution is 0.0324. The van der Waals surface area contributed by atoms with Gasteiger partial charge in [0.05, 0.1) is 30.0 Å². The predicted molar refractivity (Wildman–Crippen MR) is 136 cm³/mol. The first-order valence-corrected chi connectivity index (χ1v) is 12.1. The molecule has 3 atom stereocenters. The van der Waals surface area contributed by atoms with E-state index in [1.165, 1.54) is 0 Å². The van der Waals surface area contributed by atoms with Gasteiger partial charge in [0.25, 0.3) is 5.91 Å². The van der Waals surface area contributed by atoms with Crippen molar-refractivity contribution >= 4 is 5.91 Å². The number of nitriles is 1. The number of pyridine rings is 2. The van der Waals surface area contributed by atoms with E-state index in [0.29, 0.717) is 30.8 Å². The smallest absolute Gasteiger partial charge is 0.259 e. The number of aromatic nitrogens is 2. The van der Waals surface area contributed by atoms with Crippen LogP contribution in [0.2, 0.25) is 0 Å². The van der Waals surface area contributed by atoms with Crippen LogP contribution in [0.25, 0.3) is 11.1 Å². The van der Waals surface area contributed by atoms with E-state index < -0.39 is 0 Å². The molecule has 1 aromatic carbocycles. The van der Waals surface area contributed by atoms with Crippen LogP contribution in [0.3, 0.4) is 0 Å². The summed E-state index contributed by atoms with van der Waals surface area (Å²) in [5.74, 6) is 0.0688. The van der Waals surface area contributed by atoms with Gasteiger partial charge in [-0.2, -0.15) is 5.26 Å². The summed E-state index contributed by atoms with van der Waals surface area (Å²) in [5, 5.41) is 19.0. The minimum atomic E-state index is -0.351. The summed E-state index contributed by atoms with van der Waals surface area (Å²) in [5.41, 5.74) is 3.49. The Morgan fingerprint density at radius 3 is 2.67 bits per heavy atom. The SMILES string of the molecule is C[C@H](CO)N1C[C@H](C)[C@@H](CN(C)Cc2ccccn2)Oc2ncc(-c3ccc(C#N)cc3)cc2C1=O. The molecule has 3 aromatic rings. The first-order chi connectivity index (χ1) is 17.4. The topological polar surface area (TPSA) is 103 Å². The summed E-state index contributed by atoms with van der Waals surface area (Å²) in [4.78, 5) is 26.5. The molecule has 4 rings (SSSR count). The lowest BCUT2D eigenvalue weighted by atomic mass is 9.99. The Labute approximate surface area is 211 Å². The third kappa shape index (κ3) is 5.70. The van der Waals surface area contributed by atoms with Crippen molar-refractivity contribution in [1.29, 1.82) is 5.26 Å². The summed E-state index contributed by atoms with van der Waals surface area (Å²) in [6.07, 6.45) is 3.24. The number of carbonyl (C=O) groups excluding carboxylic acids is 1. The Bertz CT molecular complexity index is 1230. The number of aliphatic hydroxyl groups is 1. The number of nitrogens with zero attached hydrogens (tertiary/aromatic N) is 5. The summed E-state index contributed by atoms with van der Waals surface area (Å²) in [7, 11) is 2.02. The molecule has 1 aliphatic heterocycles. The van der Waals surface area contributed by atoms with Crippen LogP contribution in [0, 0.1) is 17.2 Å². The molecule has 0 fully saturated rings. The Kier molecular flexibility index (Phi) is 7.93. The number of aliphatic hydroxyl groups excluding tert-OH is 1. The zero-order valence-corrected chi connectivity index (χ0v) is 20.8. The van der Waals surface area contributed by atoms with Crippen molar-refractivity contribution in [3.05, 3.63) is 77.7 Å². The molecule has 1 N–H and O–H groups in total. The van der Waals surface area contributed by atoms with Gasteiger partial charge in [0, 0.05) is 43.5 Å². The highest BCUT2D eigenvalue weighted by Crippen LogP contribution is 2.30. The third-order valence-corrected chi connectivity index (χ3v) is 6.52. The zero-order chi connectivity index (χ0) is 25.7. The van der Waals surface area contributed by atoms with Gasteiger partial charge in [0.15, 0.2) is 0 Å². The molecule has 8 heteroatoms. The zero-order valence-electron chi connectivity index (χ0n) is 20.8. The summed E-state index contributed by atoms with van der Waals surface area (Å²) < 4.78 is 6.39. The van der Waals surface area contributed by atoms with Crippen molar-refractivity contribution in [3.63, 3.8) is 0 Å². The van der Waals surface area contributed by atoms with Crippen molar-refractivity contribution in [3.8, 4) is 23.1 Å². The molecule has 0 bridgehead atoms. The van der Waals surface area contributed by atoms with Crippen LogP contribution in [0.15, 0.2) is 60.9 Å². The number of likely N-dealkylation sites (N-methyl/N-ethyl adjacent to an activating group) is 1. The van der Waals surface area contributed by atoms with Gasteiger partial charge in [-0.05, 0) is 49.9 Å². The molecule has 0 saturated carbocycles. The molecule has 1 amide bonds. The van der Waals surface area contributed by atoms with Crippen LogP contribution in [0.1, 0.15) is 35.5 Å². The van der Waals surface area contributed by atoms with Crippen LogP contribution in [-0.4, -0.2) is 69.7 Å². The van der Waals surface area contributed by atoms with Gasteiger partial charge in [-0.15, -0.1) is 0 Å². The van der Waals surface area contributed by atoms with Gasteiger partial charge in [0.2, 0.25) is 5.88 Å². The predicted octanol–water partition coefficient (Wildman–Crippen LogP) is 3.37. The van der Waals surface area contributed by atoms with E-state index >= 15 is 0 Å². The summed E-state index contributed by atoms with van der Waals surface area (Å²) in [6, 6.07) is 16.5. The van der Waals surface area contributed by atoms with E-state index in [-0.39, 0.29) is 36.5 Å². The van der Waals surface area contributed by atoms with Crippen LogP contribution >= 0.6 is 0 Å². The minimum Gasteiger partial charge on any atom is -0.472 e. The molecule has 1 aliphatic rings. The first-order valence-electron chi connectivity index (χ1n) is 12.1. The van der Waals surface area contributed by atoms with Crippen LogP contribution in [-0.2, 0) is 6.54 Å². The molecular weight excluding hydrogens is 454 g/mol. The number of fused-ring (bicyclic) bond motifs is 1. The number of amides is 1. The number of carbonyl (C=O) groups is 1. The fourth-order valence-electron chi connectivity index (χ4n) is 4.36. The third-order valence-electron chi connectivity index (χ3n) is 6.52. The number of hydrogen-bond acceptors (Lipinski definition) is 7. The van der Waals surface area contributed by atoms with Gasteiger partial charge in [-0.3, -0.25) is 14.7 Å². The van der Waals surface area contributed by atoms with E-state index in [9.17, 15) is 9.90 Å². The minimum absolute atomic E-state index is 0.00212. The number of benzene rings is 1. The molecule has 2 aromatic heterocycles. The van der Waals surface area contributed by atoms with E-state index in [1.54, 1.807) is 35.5 Å². The average molecular weight is 486 g/mol. The summed E-state index contributed by atoms with van der Waals surface area (Å²) >= 11 is 0. The van der Waals surface area contributed by atoms with Crippen molar-refractivity contribution in [1.82, 2.24) is 19.8 Å². The highest BCUT2D eigenvalue weighted by molar-refractivity contribution is 5.98. The van der Waals surface area contributed by atoms with Crippen molar-refractivity contribution < 1.29 is 14.6 Å². The van der Waals surface area contributed by atoms with Gasteiger partial charge >= 0.3 is 0 Å². The van der Waals surface area contributed by atoms with Crippen molar-refractivity contribution in [2.24, 2.45) is 5.92 Å². The van der Waals surface area contributed by atoms with Crippen molar-refractivity contribution in [2.75, 3.05) is 26.7 Å². The molecule has 36 heavy (non-hydrogen) atoms.